The second kappa shape index (κ2) is 48.6. The zero-order valence-corrected chi connectivity index (χ0v) is 71.5. The van der Waals surface area contributed by atoms with Gasteiger partial charge in [-0.05, 0) is 0 Å². The van der Waals surface area contributed by atoms with E-state index in [9.17, 15) is 194 Å². The van der Waals surface area contributed by atoms with E-state index in [1.54, 1.807) is 0 Å². The highest BCUT2D eigenvalue weighted by Crippen LogP contribution is 2.43. The number of hydrogen-bond donors (Lipinski definition) is 38. The van der Waals surface area contributed by atoms with Crippen LogP contribution in [0.2, 0.25) is 0 Å². The van der Waals surface area contributed by atoms with Gasteiger partial charge in [-0.15, -0.1) is 0 Å². The highest BCUT2D eigenvalue weighted by atomic mass is 16.8. The number of carbonyl (C=O) groups excluding carboxylic acids is 1. The van der Waals surface area contributed by atoms with Gasteiger partial charge < -0.3 is 303 Å². The molecule has 792 valence electrons. The van der Waals surface area contributed by atoms with Crippen LogP contribution < -0.4 is 5.32 Å². The average Bonchev–Trinajstić information content (AvgIpc) is 0.750. The van der Waals surface area contributed by atoms with Gasteiger partial charge in [-0.1, -0.05) is 0 Å². The van der Waals surface area contributed by atoms with Crippen molar-refractivity contribution >= 4 is 5.91 Å². The first kappa shape index (κ1) is 112. The first-order chi connectivity index (χ1) is 64.5. The lowest BCUT2D eigenvalue weighted by Crippen LogP contribution is -2.69. The minimum absolute atomic E-state index is 0.912. The van der Waals surface area contributed by atoms with E-state index < -0.39 is 454 Å². The van der Waals surface area contributed by atoms with Gasteiger partial charge in [0.2, 0.25) is 5.91 Å². The third-order valence-corrected chi connectivity index (χ3v) is 25.5. The van der Waals surface area contributed by atoms with E-state index in [2.05, 4.69) is 5.32 Å². The molecular formula is C74H125NO61. The Labute approximate surface area is 766 Å². The smallest absolute Gasteiger partial charge is 0.217 e. The van der Waals surface area contributed by atoms with Crippen LogP contribution in [0.15, 0.2) is 0 Å². The quantitative estimate of drug-likeness (QED) is 0.0280. The van der Waals surface area contributed by atoms with Gasteiger partial charge >= 0.3 is 0 Å². The Kier molecular flexibility index (Phi) is 40.0. The summed E-state index contributed by atoms with van der Waals surface area (Å²) in [5.41, 5.74) is 0. The highest BCUT2D eigenvalue weighted by molar-refractivity contribution is 5.73. The number of nitrogens with one attached hydrogen (secondary N) is 1. The Balaban J connectivity index is 0.835. The number of ether oxygens (including phenoxy) is 23. The van der Waals surface area contributed by atoms with E-state index in [0.717, 1.165) is 6.92 Å². The largest absolute Gasteiger partial charge is 0.394 e. The van der Waals surface area contributed by atoms with Crippen LogP contribution in [0.4, 0.5) is 0 Å². The molecule has 12 saturated heterocycles. The van der Waals surface area contributed by atoms with Crippen molar-refractivity contribution in [2.24, 2.45) is 0 Å². The molecule has 12 aliphatic heterocycles. The maximum Gasteiger partial charge on any atom is 0.217 e. The summed E-state index contributed by atoms with van der Waals surface area (Å²) in [4.78, 5) is 12.5. The minimum Gasteiger partial charge on any atom is -0.394 e. The molecule has 12 heterocycles. The van der Waals surface area contributed by atoms with Crippen LogP contribution in [0.25, 0.3) is 0 Å². The second-order valence-electron chi connectivity index (χ2n) is 34.4. The average molecular weight is 2000 g/mol. The fourth-order valence-electron chi connectivity index (χ4n) is 17.5. The number of rotatable bonds is 35. The lowest BCUT2D eigenvalue weighted by molar-refractivity contribution is -0.413. The van der Waals surface area contributed by atoms with Crippen molar-refractivity contribution in [2.75, 3.05) is 79.3 Å². The SMILES string of the molecule is CC(=O)N[C@H]1C(O)O[C@H](CO)[C@@H](O[C@@H]2O[C@H](CO[C@H]3O[C@H](CO[C@H]4O[C@H](CO)[C@@H](O)[C@H](O)[C@@H]4O)[C@@H](O)[C@H](O[C@H]4O[C@H](CO)[C@@H](O)[C@@H](O)[C@@H]4O[C@H]4O[C@H](CO)[C@@H](O)[C@H](O)[C@@H]4O)[C@@H]3O)[C@@H](O)[C@H](O[C@H]3O[C@H](CO)[C@@H](O)[C@H](O)[C@@H]3O[C@H]3O[C@H](CO)[C@@H](O)[C@H](O)[C@@H]3O[C@H]3O[C@H](CO)[C@@H](O)[C@H](O[C@H]4O[C@H](CO)[C@@H](O)[C@H](O[C@H]5O[C@H](CO)[C@@H](O)[C@H](O)[C@H]5O[C@H]5O[C@H](CO)[C@@H](O)[C@H](O)[C@H]5O)[C@H]4O)[C@@H]3O)[C@@H]2O)[C@@H]1O. The first-order valence-electron chi connectivity index (χ1n) is 43.2. The first-order valence-corrected chi connectivity index (χ1v) is 43.2. The van der Waals surface area contributed by atoms with Crippen LogP contribution in [0.1, 0.15) is 6.92 Å². The Bertz CT molecular complexity index is 3590. The molecular weight excluding hydrogens is 1880 g/mol. The molecule has 62 nitrogen and oxygen atoms in total. The molecule has 0 spiro atoms. The molecule has 0 radical (unpaired) electrons. The van der Waals surface area contributed by atoms with Gasteiger partial charge in [0.15, 0.2) is 75.5 Å². The third kappa shape index (κ3) is 23.5. The molecule has 1 unspecified atom stereocenters. The number of hydrogen-bond acceptors (Lipinski definition) is 61. The molecule has 0 saturated carbocycles. The molecule has 12 fully saturated rings. The summed E-state index contributed by atoms with van der Waals surface area (Å²) >= 11 is 0. The fourth-order valence-corrected chi connectivity index (χ4v) is 17.5. The molecule has 0 bridgehead atoms. The molecule has 12 aliphatic rings. The van der Waals surface area contributed by atoms with Crippen molar-refractivity contribution in [3.05, 3.63) is 0 Å². The molecule has 136 heavy (non-hydrogen) atoms. The van der Waals surface area contributed by atoms with Crippen molar-refractivity contribution in [3.63, 3.8) is 0 Å². The lowest BCUT2D eigenvalue weighted by atomic mass is 9.94. The zero-order valence-electron chi connectivity index (χ0n) is 71.5. The monoisotopic (exact) mass is 2000 g/mol. The van der Waals surface area contributed by atoms with E-state index in [1.807, 2.05) is 0 Å². The van der Waals surface area contributed by atoms with Crippen LogP contribution in [-0.2, 0) is 114 Å². The molecule has 38 N–H and O–H groups in total. The Morgan fingerprint density at radius 2 is 0.382 bits per heavy atom. The van der Waals surface area contributed by atoms with E-state index in [1.165, 1.54) is 0 Å². The van der Waals surface area contributed by atoms with Crippen LogP contribution in [0.5, 0.6) is 0 Å². The number of carbonyl (C=O) groups is 1. The van der Waals surface area contributed by atoms with Crippen LogP contribution in [0.3, 0.4) is 0 Å². The van der Waals surface area contributed by atoms with Crippen LogP contribution >= 0.6 is 0 Å². The normalized spacial score (nSPS) is 52.8. The molecule has 0 aromatic rings. The molecule has 60 atom stereocenters. The maximum absolute atomic E-state index is 12.7. The lowest BCUT2D eigenvalue weighted by Gasteiger charge is -2.51. The van der Waals surface area contributed by atoms with Crippen molar-refractivity contribution in [1.29, 1.82) is 0 Å². The topological polar surface area (TPSA) is 990 Å². The number of aliphatic hydroxyl groups excluding tert-OH is 37. The molecule has 0 aliphatic carbocycles. The summed E-state index contributed by atoms with van der Waals surface area (Å²) in [6.07, 6.45) is -132. The molecule has 0 aromatic carbocycles. The maximum atomic E-state index is 12.7. The molecule has 1 amide bonds. The summed E-state index contributed by atoms with van der Waals surface area (Å²) in [7, 11) is 0. The fraction of sp³-hybridized carbons (Fsp3) is 0.986. The van der Waals surface area contributed by atoms with E-state index in [-0.39, 0.29) is 0 Å². The van der Waals surface area contributed by atoms with Gasteiger partial charge in [0.1, 0.15) is 293 Å². The Morgan fingerprint density at radius 3 is 0.669 bits per heavy atom. The standard InChI is InChI=1S/C74H125NO61/c1-14(86)75-27-39(98)54(24(11-85)116-63(27)113)128-70-53(112)58(38(97)26(127-70)13-115-65-50(109)57(37(96)25(126-65)12-114-64-47(106)40(99)28(87)15(2-76)117-64)131-72-60(44(103)32(91)19(6-80)123-72)134-67-49(108)42(101)30(89)17(4-78)119-67)132-73-62(46(105)34(93)20(7-81)124-73)136-74-61(45(104)33(92)21(8-82)125-74)135-69-51(110)55(35(94)22(9-83)121-69)129-68-52(111)56(36(95)23(10-84)120-68)130-71-59(43(102)31(90)18(5-79)122-71)133-66-48(107)41(100)29(88)16(3-77)118-66/h15-74,76-85,87-113H,2-13H2,1H3,(H,75,86)/t15-,16-,17-,18-,19-,20-,21-,22-,23-,24-,25-,26-,27-,28-,29-,30-,31-,32-,33-,34-,35-,36-,37-,38-,39-,40+,41+,42+,43+,44-,45+,46+,47+,48-,49+,50+,51+,52-,53+,54-,55+,56+,57+,58+,59-,60+,61+,62+,63?,64+,65+,66-,67-,68-,69-,70+,71-,72-,73-,74-/m1/s1. The summed E-state index contributed by atoms with van der Waals surface area (Å²) in [6, 6.07) is -1.86. The van der Waals surface area contributed by atoms with Crippen molar-refractivity contribution in [1.82, 2.24) is 5.32 Å². The van der Waals surface area contributed by atoms with Crippen LogP contribution in [-0.4, -0.2) is 643 Å². The van der Waals surface area contributed by atoms with Gasteiger partial charge in [-0.25, -0.2) is 0 Å². The van der Waals surface area contributed by atoms with Crippen molar-refractivity contribution in [2.45, 2.75) is 375 Å². The van der Waals surface area contributed by atoms with Gasteiger partial charge in [0.25, 0.3) is 0 Å². The van der Waals surface area contributed by atoms with Crippen molar-refractivity contribution < 1.29 is 303 Å². The van der Waals surface area contributed by atoms with Crippen molar-refractivity contribution in [3.8, 4) is 0 Å². The van der Waals surface area contributed by atoms with Crippen LogP contribution in [0, 0.1) is 0 Å². The summed E-state index contributed by atoms with van der Waals surface area (Å²) in [5, 5.41) is 415. The zero-order chi connectivity index (χ0) is 99.7. The highest BCUT2D eigenvalue weighted by Gasteiger charge is 2.63. The summed E-state index contributed by atoms with van der Waals surface area (Å²) < 4.78 is 134. The second-order valence-corrected chi connectivity index (χ2v) is 34.4. The van der Waals surface area contributed by atoms with E-state index in [0.29, 0.717) is 0 Å². The predicted octanol–water partition coefficient (Wildman–Crippen LogP) is -27.0. The summed E-state index contributed by atoms with van der Waals surface area (Å²) in [5.74, 6) is -0.912. The Morgan fingerprint density at radius 1 is 0.191 bits per heavy atom. The third-order valence-electron chi connectivity index (χ3n) is 25.5. The molecule has 0 aromatic heterocycles. The summed E-state index contributed by atoms with van der Waals surface area (Å²) in [6.45, 7) is -13.0. The van der Waals surface area contributed by atoms with E-state index >= 15 is 0 Å². The minimum atomic E-state index is -2.65. The number of amides is 1. The van der Waals surface area contributed by atoms with Gasteiger partial charge in [0, 0.05) is 6.92 Å². The molecule has 62 heteroatoms. The van der Waals surface area contributed by atoms with Gasteiger partial charge in [-0.2, -0.15) is 0 Å². The van der Waals surface area contributed by atoms with Gasteiger partial charge in [0.05, 0.1) is 79.3 Å². The van der Waals surface area contributed by atoms with E-state index in [4.69, 9.17) is 109 Å². The van der Waals surface area contributed by atoms with Gasteiger partial charge in [-0.3, -0.25) is 4.79 Å². The number of aliphatic hydroxyl groups is 37. The molecule has 12 rings (SSSR count). The Hall–Kier alpha value is -2.93. The predicted molar refractivity (Wildman–Crippen MR) is 407 cm³/mol.